The summed E-state index contributed by atoms with van der Waals surface area (Å²) < 4.78 is 6.68. The zero-order valence-electron chi connectivity index (χ0n) is 13.2. The normalized spacial score (nSPS) is 11.0. The van der Waals surface area contributed by atoms with Gasteiger partial charge in [0.1, 0.15) is 5.69 Å². The molecule has 0 unspecified atom stereocenters. The summed E-state index contributed by atoms with van der Waals surface area (Å²) in [6, 6.07) is 4.46. The fourth-order valence-electron chi connectivity index (χ4n) is 2.18. The Hall–Kier alpha value is -3.36. The van der Waals surface area contributed by atoms with Crippen LogP contribution in [-0.4, -0.2) is 26.3 Å². The van der Waals surface area contributed by atoms with E-state index in [9.17, 15) is 24.8 Å². The van der Waals surface area contributed by atoms with Crippen LogP contribution in [0.3, 0.4) is 0 Å². The Morgan fingerprint density at radius 2 is 1.88 bits per heavy atom. The minimum atomic E-state index is -0.981. The van der Waals surface area contributed by atoms with Gasteiger partial charge in [0.15, 0.2) is 11.5 Å². The molecular formula is C15H15N3O6. The number of nitro groups is 1. The summed E-state index contributed by atoms with van der Waals surface area (Å²) >= 11 is 0. The van der Waals surface area contributed by atoms with Crippen molar-refractivity contribution in [3.05, 3.63) is 60.4 Å². The number of nitrogens with zero attached hydrogens (tertiary/aromatic N) is 3. The van der Waals surface area contributed by atoms with Crippen molar-refractivity contribution >= 4 is 17.8 Å². The first-order chi connectivity index (χ1) is 11.3. The van der Waals surface area contributed by atoms with E-state index in [4.69, 9.17) is 4.74 Å². The predicted octanol–water partition coefficient (Wildman–Crippen LogP) is 0.877. The Bertz CT molecular complexity index is 955. The van der Waals surface area contributed by atoms with Crippen LogP contribution in [0.5, 0.6) is 11.5 Å². The number of methoxy groups -OCH3 is 1. The molecule has 1 heterocycles. The van der Waals surface area contributed by atoms with E-state index in [1.165, 1.54) is 45.5 Å². The highest BCUT2D eigenvalue weighted by molar-refractivity contribution is 5.73. The van der Waals surface area contributed by atoms with E-state index in [1.807, 2.05) is 0 Å². The lowest BCUT2D eigenvalue weighted by Crippen LogP contribution is -2.39. The van der Waals surface area contributed by atoms with Gasteiger partial charge in [-0.3, -0.25) is 24.0 Å². The molecule has 0 radical (unpaired) electrons. The van der Waals surface area contributed by atoms with Crippen LogP contribution in [0, 0.1) is 10.1 Å². The van der Waals surface area contributed by atoms with E-state index in [0.29, 0.717) is 10.1 Å². The van der Waals surface area contributed by atoms with Gasteiger partial charge >= 0.3 is 16.9 Å². The van der Waals surface area contributed by atoms with Crippen LogP contribution in [0.1, 0.15) is 11.3 Å². The minimum Gasteiger partial charge on any atom is -0.504 e. The van der Waals surface area contributed by atoms with Crippen molar-refractivity contribution in [1.29, 1.82) is 0 Å². The zero-order chi connectivity index (χ0) is 18.0. The van der Waals surface area contributed by atoms with Crippen molar-refractivity contribution in [2.24, 2.45) is 14.1 Å². The predicted molar refractivity (Wildman–Crippen MR) is 87.2 cm³/mol. The highest BCUT2D eigenvalue weighted by Crippen LogP contribution is 2.27. The smallest absolute Gasteiger partial charge is 0.357 e. The monoisotopic (exact) mass is 333 g/mol. The van der Waals surface area contributed by atoms with E-state index in [1.54, 1.807) is 6.07 Å². The van der Waals surface area contributed by atoms with Crippen LogP contribution in [0.25, 0.3) is 12.2 Å². The Morgan fingerprint density at radius 3 is 2.46 bits per heavy atom. The molecule has 1 aromatic heterocycles. The van der Waals surface area contributed by atoms with Crippen LogP contribution in [0.15, 0.2) is 27.8 Å². The van der Waals surface area contributed by atoms with Crippen LogP contribution < -0.4 is 16.0 Å². The van der Waals surface area contributed by atoms with Gasteiger partial charge in [-0.05, 0) is 23.8 Å². The molecule has 9 heteroatoms. The van der Waals surface area contributed by atoms with Crippen LogP contribution >= 0.6 is 0 Å². The second-order valence-corrected chi connectivity index (χ2v) is 4.96. The molecule has 0 fully saturated rings. The lowest BCUT2D eigenvalue weighted by molar-refractivity contribution is -0.387. The van der Waals surface area contributed by atoms with Crippen molar-refractivity contribution in [3.63, 3.8) is 0 Å². The van der Waals surface area contributed by atoms with Gasteiger partial charge < -0.3 is 9.84 Å². The number of aromatic nitrogens is 2. The van der Waals surface area contributed by atoms with E-state index in [-0.39, 0.29) is 17.2 Å². The van der Waals surface area contributed by atoms with E-state index < -0.39 is 21.9 Å². The first-order valence-electron chi connectivity index (χ1n) is 6.77. The average Bonchev–Trinajstić information content (AvgIpc) is 2.55. The van der Waals surface area contributed by atoms with Crippen LogP contribution in [-0.2, 0) is 14.1 Å². The van der Waals surface area contributed by atoms with E-state index in [0.717, 1.165) is 4.57 Å². The van der Waals surface area contributed by atoms with E-state index >= 15 is 0 Å². The Balaban J connectivity index is 2.63. The molecule has 9 nitrogen and oxygen atoms in total. The van der Waals surface area contributed by atoms with Crippen molar-refractivity contribution in [1.82, 2.24) is 9.13 Å². The largest absolute Gasteiger partial charge is 0.504 e. The molecule has 0 saturated carbocycles. The van der Waals surface area contributed by atoms with Gasteiger partial charge in [-0.15, -0.1) is 0 Å². The average molecular weight is 333 g/mol. The molecule has 24 heavy (non-hydrogen) atoms. The molecule has 1 N–H and O–H groups in total. The summed E-state index contributed by atoms with van der Waals surface area (Å²) in [4.78, 5) is 34.3. The third kappa shape index (κ3) is 2.91. The Morgan fingerprint density at radius 1 is 1.21 bits per heavy atom. The zero-order valence-corrected chi connectivity index (χ0v) is 13.2. The molecular weight excluding hydrogens is 318 g/mol. The number of benzene rings is 1. The van der Waals surface area contributed by atoms with Gasteiger partial charge in [0.05, 0.1) is 12.0 Å². The number of aromatic hydroxyl groups is 1. The minimum absolute atomic E-state index is 0.0541. The second-order valence-electron chi connectivity index (χ2n) is 4.96. The first kappa shape index (κ1) is 17.0. The molecule has 0 atom stereocenters. The molecule has 0 aliphatic carbocycles. The SMILES string of the molecule is COc1cc(/C=C/c2c([N+](=O)[O-])c(=O)n(C)c(=O)n2C)ccc1O. The highest BCUT2D eigenvalue weighted by atomic mass is 16.6. The van der Waals surface area contributed by atoms with Gasteiger partial charge in [-0.1, -0.05) is 12.1 Å². The topological polar surface area (TPSA) is 117 Å². The summed E-state index contributed by atoms with van der Waals surface area (Å²) in [5.41, 5.74) is -1.91. The standard InChI is InChI=1S/C15H15N3O6/c1-16-10(13(18(22)23)14(20)17(2)15(16)21)6-4-9-5-7-11(19)12(8-9)24-3/h4-8,19H,1-3H3/b6-4+. The molecule has 0 bridgehead atoms. The molecule has 0 saturated heterocycles. The lowest BCUT2D eigenvalue weighted by Gasteiger charge is -2.07. The summed E-state index contributed by atoms with van der Waals surface area (Å²) in [5.74, 6) is 0.172. The maximum absolute atomic E-state index is 12.0. The molecule has 0 amide bonds. The third-order valence-corrected chi connectivity index (χ3v) is 3.51. The van der Waals surface area contributed by atoms with Gasteiger partial charge in [0.25, 0.3) is 0 Å². The van der Waals surface area contributed by atoms with Crippen LogP contribution in [0.2, 0.25) is 0 Å². The maximum Gasteiger partial charge on any atom is 0.357 e. The lowest BCUT2D eigenvalue weighted by atomic mass is 10.1. The highest BCUT2D eigenvalue weighted by Gasteiger charge is 2.23. The molecule has 0 aliphatic rings. The summed E-state index contributed by atoms with van der Waals surface area (Å²) in [6.07, 6.45) is 2.77. The maximum atomic E-state index is 12.0. The number of hydrogen-bond acceptors (Lipinski definition) is 6. The summed E-state index contributed by atoms with van der Waals surface area (Å²) in [7, 11) is 3.90. The Kier molecular flexibility index (Phi) is 4.54. The van der Waals surface area contributed by atoms with Gasteiger partial charge in [0.2, 0.25) is 0 Å². The van der Waals surface area contributed by atoms with E-state index in [2.05, 4.69) is 0 Å². The van der Waals surface area contributed by atoms with Crippen molar-refractivity contribution in [3.8, 4) is 11.5 Å². The molecule has 0 spiro atoms. The third-order valence-electron chi connectivity index (χ3n) is 3.51. The first-order valence-corrected chi connectivity index (χ1v) is 6.77. The number of phenolic OH excluding ortho intramolecular Hbond substituents is 1. The van der Waals surface area contributed by atoms with Gasteiger partial charge in [0, 0.05) is 14.1 Å². The van der Waals surface area contributed by atoms with Crippen molar-refractivity contribution in [2.75, 3.05) is 7.11 Å². The molecule has 1 aromatic carbocycles. The molecule has 2 aromatic rings. The quantitative estimate of drug-likeness (QED) is 0.655. The summed E-state index contributed by atoms with van der Waals surface area (Å²) in [5, 5.41) is 20.8. The number of phenols is 1. The van der Waals surface area contributed by atoms with Crippen molar-refractivity contribution in [2.45, 2.75) is 0 Å². The second kappa shape index (κ2) is 6.41. The number of rotatable bonds is 4. The molecule has 0 aliphatic heterocycles. The fourth-order valence-corrected chi connectivity index (χ4v) is 2.18. The molecule has 2 rings (SSSR count). The van der Waals surface area contributed by atoms with Gasteiger partial charge in [-0.25, -0.2) is 4.79 Å². The fraction of sp³-hybridized carbons (Fsp3) is 0.200. The number of ether oxygens (including phenoxy) is 1. The Labute approximate surface area is 135 Å². The summed E-state index contributed by atoms with van der Waals surface area (Å²) in [6.45, 7) is 0. The molecule has 126 valence electrons. The number of hydrogen-bond donors (Lipinski definition) is 1. The van der Waals surface area contributed by atoms with Crippen molar-refractivity contribution < 1.29 is 14.8 Å². The van der Waals surface area contributed by atoms with Crippen LogP contribution in [0.4, 0.5) is 5.69 Å². The van der Waals surface area contributed by atoms with Gasteiger partial charge in [-0.2, -0.15) is 0 Å².